The number of halogens is 1. The van der Waals surface area contributed by atoms with Gasteiger partial charge in [-0.1, -0.05) is 0 Å². The molecule has 1 aliphatic rings. The predicted octanol–water partition coefficient (Wildman–Crippen LogP) is 2.94. The van der Waals surface area contributed by atoms with Gasteiger partial charge in [-0.05, 0) is 74.5 Å². The van der Waals surface area contributed by atoms with Gasteiger partial charge in [0.15, 0.2) is 0 Å². The molecule has 4 heteroatoms. The molecule has 0 saturated heterocycles. The third-order valence-corrected chi connectivity index (χ3v) is 4.02. The SMILES string of the molecule is CN(C)[C@H]1CC[C@H](Oc2ccc(I)nc2)CC1. The van der Waals surface area contributed by atoms with Gasteiger partial charge in [-0.25, -0.2) is 4.98 Å². The van der Waals surface area contributed by atoms with E-state index in [-0.39, 0.29) is 0 Å². The summed E-state index contributed by atoms with van der Waals surface area (Å²) in [4.78, 5) is 6.56. The molecule has 1 aliphatic carbocycles. The van der Waals surface area contributed by atoms with E-state index in [4.69, 9.17) is 4.74 Å². The molecule has 1 saturated carbocycles. The summed E-state index contributed by atoms with van der Waals surface area (Å²) in [6.45, 7) is 0. The Bertz CT molecular complexity index is 345. The van der Waals surface area contributed by atoms with Gasteiger partial charge in [0.25, 0.3) is 0 Å². The third-order valence-electron chi connectivity index (χ3n) is 3.38. The minimum Gasteiger partial charge on any atom is -0.489 e. The molecule has 1 aromatic rings. The van der Waals surface area contributed by atoms with Crippen LogP contribution < -0.4 is 4.74 Å². The molecule has 17 heavy (non-hydrogen) atoms. The molecule has 0 bridgehead atoms. The van der Waals surface area contributed by atoms with Gasteiger partial charge in [0.05, 0.1) is 12.3 Å². The Hall–Kier alpha value is -0.360. The van der Waals surface area contributed by atoms with Crippen molar-refractivity contribution in [2.75, 3.05) is 14.1 Å². The summed E-state index contributed by atoms with van der Waals surface area (Å²) in [6.07, 6.45) is 6.95. The first-order valence-corrected chi connectivity index (χ1v) is 7.17. The molecule has 0 atom stereocenters. The van der Waals surface area contributed by atoms with Crippen LogP contribution in [-0.4, -0.2) is 36.1 Å². The lowest BCUT2D eigenvalue weighted by Crippen LogP contribution is -2.35. The van der Waals surface area contributed by atoms with Gasteiger partial charge in [0.1, 0.15) is 9.45 Å². The van der Waals surface area contributed by atoms with E-state index in [2.05, 4.69) is 46.6 Å². The first kappa shape index (κ1) is 13.1. The smallest absolute Gasteiger partial charge is 0.138 e. The zero-order valence-electron chi connectivity index (χ0n) is 10.4. The van der Waals surface area contributed by atoms with Crippen molar-refractivity contribution >= 4 is 22.6 Å². The van der Waals surface area contributed by atoms with Gasteiger partial charge in [-0.15, -0.1) is 0 Å². The molecule has 0 amide bonds. The summed E-state index contributed by atoms with van der Waals surface area (Å²) in [6, 6.07) is 4.72. The number of aromatic nitrogens is 1. The average Bonchev–Trinajstić information content (AvgIpc) is 2.33. The zero-order chi connectivity index (χ0) is 12.3. The van der Waals surface area contributed by atoms with E-state index in [0.717, 1.165) is 28.3 Å². The van der Waals surface area contributed by atoms with Crippen LogP contribution >= 0.6 is 22.6 Å². The van der Waals surface area contributed by atoms with Crippen molar-refractivity contribution < 1.29 is 4.74 Å². The number of pyridine rings is 1. The lowest BCUT2D eigenvalue weighted by atomic mass is 9.92. The van der Waals surface area contributed by atoms with Crippen LogP contribution in [0.25, 0.3) is 0 Å². The second-order valence-electron chi connectivity index (χ2n) is 4.83. The predicted molar refractivity (Wildman–Crippen MR) is 77.3 cm³/mol. The van der Waals surface area contributed by atoms with Crippen molar-refractivity contribution in [3.05, 3.63) is 22.0 Å². The molecule has 1 aromatic heterocycles. The highest BCUT2D eigenvalue weighted by Gasteiger charge is 2.23. The van der Waals surface area contributed by atoms with Crippen molar-refractivity contribution in [2.45, 2.75) is 37.8 Å². The monoisotopic (exact) mass is 346 g/mol. The summed E-state index contributed by atoms with van der Waals surface area (Å²) in [5.74, 6) is 0.902. The van der Waals surface area contributed by atoms with Crippen molar-refractivity contribution in [2.24, 2.45) is 0 Å². The van der Waals surface area contributed by atoms with Crippen molar-refractivity contribution in [1.29, 1.82) is 0 Å². The fourth-order valence-electron chi connectivity index (χ4n) is 2.30. The van der Waals surface area contributed by atoms with Gasteiger partial charge >= 0.3 is 0 Å². The number of nitrogens with zero attached hydrogens (tertiary/aromatic N) is 2. The standard InChI is InChI=1S/C13H19IN2O/c1-16(2)10-3-5-11(6-4-10)17-12-7-8-13(14)15-9-12/h7-11H,3-6H2,1-2H3/t10-,11-. The molecule has 1 heterocycles. The molecular weight excluding hydrogens is 327 g/mol. The lowest BCUT2D eigenvalue weighted by molar-refractivity contribution is 0.111. The van der Waals surface area contributed by atoms with Crippen molar-refractivity contribution in [3.8, 4) is 5.75 Å². The van der Waals surface area contributed by atoms with E-state index in [9.17, 15) is 0 Å². The molecule has 3 nitrogen and oxygen atoms in total. The minimum atomic E-state index is 0.369. The largest absolute Gasteiger partial charge is 0.489 e. The quantitative estimate of drug-likeness (QED) is 0.622. The molecular formula is C13H19IN2O. The topological polar surface area (TPSA) is 25.4 Å². The Labute approximate surface area is 117 Å². The maximum atomic E-state index is 5.95. The average molecular weight is 346 g/mol. The van der Waals surface area contributed by atoms with Crippen LogP contribution in [0.3, 0.4) is 0 Å². The molecule has 0 aliphatic heterocycles. The molecule has 94 valence electrons. The van der Waals surface area contributed by atoms with Crippen LogP contribution in [0.15, 0.2) is 18.3 Å². The van der Waals surface area contributed by atoms with Crippen LogP contribution in [0.1, 0.15) is 25.7 Å². The second-order valence-corrected chi connectivity index (χ2v) is 5.93. The Balaban J connectivity index is 1.84. The Morgan fingerprint density at radius 3 is 2.47 bits per heavy atom. The highest BCUT2D eigenvalue weighted by Crippen LogP contribution is 2.25. The molecule has 0 unspecified atom stereocenters. The van der Waals surface area contributed by atoms with E-state index >= 15 is 0 Å². The van der Waals surface area contributed by atoms with Gasteiger partial charge < -0.3 is 9.64 Å². The van der Waals surface area contributed by atoms with Gasteiger partial charge in [0.2, 0.25) is 0 Å². The van der Waals surface area contributed by atoms with E-state index in [0.29, 0.717) is 6.10 Å². The summed E-state index contributed by atoms with van der Waals surface area (Å²) >= 11 is 2.20. The molecule has 1 fully saturated rings. The lowest BCUT2D eigenvalue weighted by Gasteiger charge is -2.32. The Morgan fingerprint density at radius 2 is 1.94 bits per heavy atom. The zero-order valence-corrected chi connectivity index (χ0v) is 12.6. The van der Waals surface area contributed by atoms with Crippen molar-refractivity contribution in [1.82, 2.24) is 9.88 Å². The minimum absolute atomic E-state index is 0.369. The van der Waals surface area contributed by atoms with E-state index < -0.39 is 0 Å². The van der Waals surface area contributed by atoms with E-state index in [1.807, 2.05) is 18.3 Å². The number of hydrogen-bond acceptors (Lipinski definition) is 3. The maximum absolute atomic E-state index is 5.95. The summed E-state index contributed by atoms with van der Waals surface area (Å²) in [5, 5.41) is 0. The van der Waals surface area contributed by atoms with E-state index in [1.165, 1.54) is 12.8 Å². The van der Waals surface area contributed by atoms with E-state index in [1.54, 1.807) is 0 Å². The molecule has 0 radical (unpaired) electrons. The molecule has 0 spiro atoms. The van der Waals surface area contributed by atoms with Crippen LogP contribution in [0.2, 0.25) is 0 Å². The number of hydrogen-bond donors (Lipinski definition) is 0. The second kappa shape index (κ2) is 6.00. The fraction of sp³-hybridized carbons (Fsp3) is 0.615. The number of rotatable bonds is 3. The Morgan fingerprint density at radius 1 is 1.24 bits per heavy atom. The van der Waals surface area contributed by atoms with Crippen molar-refractivity contribution in [3.63, 3.8) is 0 Å². The Kier molecular flexibility index (Phi) is 4.62. The maximum Gasteiger partial charge on any atom is 0.138 e. The highest BCUT2D eigenvalue weighted by molar-refractivity contribution is 14.1. The van der Waals surface area contributed by atoms with Gasteiger partial charge in [-0.3, -0.25) is 0 Å². The van der Waals surface area contributed by atoms with Crippen LogP contribution in [0.5, 0.6) is 5.75 Å². The summed E-state index contributed by atoms with van der Waals surface area (Å²) in [7, 11) is 4.32. The molecule has 2 rings (SSSR count). The fourth-order valence-corrected chi connectivity index (χ4v) is 2.62. The van der Waals surface area contributed by atoms with Crippen LogP contribution in [0, 0.1) is 3.70 Å². The van der Waals surface area contributed by atoms with Crippen LogP contribution in [0.4, 0.5) is 0 Å². The summed E-state index contributed by atoms with van der Waals surface area (Å²) in [5.41, 5.74) is 0. The number of ether oxygens (including phenoxy) is 1. The van der Waals surface area contributed by atoms with Gasteiger partial charge in [-0.2, -0.15) is 0 Å². The third kappa shape index (κ3) is 3.81. The first-order chi connectivity index (χ1) is 8.15. The molecule has 0 aromatic carbocycles. The highest BCUT2D eigenvalue weighted by atomic mass is 127. The normalized spacial score (nSPS) is 24.9. The first-order valence-electron chi connectivity index (χ1n) is 6.10. The summed E-state index contributed by atoms with van der Waals surface area (Å²) < 4.78 is 6.96. The van der Waals surface area contributed by atoms with Crippen LogP contribution in [-0.2, 0) is 0 Å². The molecule has 0 N–H and O–H groups in total. The van der Waals surface area contributed by atoms with Gasteiger partial charge in [0, 0.05) is 6.04 Å².